The van der Waals surface area contributed by atoms with Crippen molar-refractivity contribution in [3.63, 3.8) is 0 Å². The Labute approximate surface area is 370 Å². The van der Waals surface area contributed by atoms with Crippen LogP contribution in [0.15, 0.2) is 127 Å². The molecule has 58 heavy (non-hydrogen) atoms. The van der Waals surface area contributed by atoms with Crippen LogP contribution < -0.4 is 10.4 Å². The Hall–Kier alpha value is -4.36. The molecule has 9 rings (SSSR count). The van der Waals surface area contributed by atoms with Gasteiger partial charge in [-0.15, -0.1) is 74.6 Å². The molecule has 0 N–H and O–H groups in total. The summed E-state index contributed by atoms with van der Waals surface area (Å²) in [6, 6.07) is 50.2. The average Bonchev–Trinajstić information content (AvgIpc) is 3.89. The number of hydrogen-bond donors (Lipinski definition) is 0. The Kier molecular flexibility index (Phi) is 13.9. The van der Waals surface area contributed by atoms with E-state index in [0.29, 0.717) is 11.8 Å². The van der Waals surface area contributed by atoms with E-state index in [1.807, 2.05) is 6.07 Å². The number of benzene rings is 6. The van der Waals surface area contributed by atoms with Crippen LogP contribution in [0.5, 0.6) is 0 Å². The van der Waals surface area contributed by atoms with Crippen LogP contribution in [-0.4, -0.2) is 9.52 Å². The first kappa shape index (κ1) is 43.2. The van der Waals surface area contributed by atoms with Crippen LogP contribution >= 0.6 is 0 Å². The molecule has 0 bridgehead atoms. The van der Waals surface area contributed by atoms with Crippen LogP contribution in [0.4, 0.5) is 0 Å². The van der Waals surface area contributed by atoms with Crippen molar-refractivity contribution in [1.82, 2.24) is 0 Å². The monoisotopic (exact) mass is 847 g/mol. The van der Waals surface area contributed by atoms with Crippen LogP contribution in [0.25, 0.3) is 54.9 Å². The van der Waals surface area contributed by atoms with Crippen LogP contribution in [0, 0.1) is 59.4 Å². The van der Waals surface area contributed by atoms with E-state index < -0.39 is 0 Å². The summed E-state index contributed by atoms with van der Waals surface area (Å²) < 4.78 is 0. The van der Waals surface area contributed by atoms with Gasteiger partial charge in [-0.3, -0.25) is 0 Å². The molecule has 0 nitrogen and oxygen atoms in total. The smallest absolute Gasteiger partial charge is 0.184 e. The molecule has 0 saturated carbocycles. The van der Waals surface area contributed by atoms with Gasteiger partial charge in [-0.05, 0) is 99.6 Å². The molecule has 0 saturated heterocycles. The van der Waals surface area contributed by atoms with Crippen molar-refractivity contribution in [2.75, 3.05) is 0 Å². The van der Waals surface area contributed by atoms with E-state index >= 15 is 0 Å². The van der Waals surface area contributed by atoms with Crippen LogP contribution in [0.1, 0.15) is 72.2 Å². The van der Waals surface area contributed by atoms with Crippen molar-refractivity contribution < 1.29 is 26.2 Å². The number of aryl methyl sites for hydroxylation is 4. The van der Waals surface area contributed by atoms with Crippen LogP contribution in [0.3, 0.4) is 0 Å². The third kappa shape index (κ3) is 9.57. The minimum Gasteiger partial charge on any atom is -0.184 e. The molecular weight excluding hydrogens is 792 g/mol. The molecule has 8 aromatic carbocycles. The zero-order valence-corrected chi connectivity index (χ0v) is 39.7. The predicted octanol–water partition coefficient (Wildman–Crippen LogP) is 13.8. The molecule has 2 heteroatoms. The molecule has 0 aromatic heterocycles. The SMILES string of the molecule is Cc1cc(C)c(C)c(-c2cccc3[cH-]c(CC(C)C)cc23)c1.Cc1cc(C)c(C)c(-c2cccc3[cH-]c(CC(C)C)cc23)c1.[Zr+3].[c-]1cccc2c1[Si]c1ccccc1-2. The fourth-order valence-electron chi connectivity index (χ4n) is 8.61. The largest absolute Gasteiger partial charge is 3.00 e. The van der Waals surface area contributed by atoms with E-state index in [2.05, 4.69) is 197 Å². The van der Waals surface area contributed by atoms with Gasteiger partial charge < -0.3 is 0 Å². The summed E-state index contributed by atoms with van der Waals surface area (Å²) in [5.74, 6) is 1.39. The van der Waals surface area contributed by atoms with Gasteiger partial charge in [0.15, 0.2) is 0 Å². The molecule has 0 amide bonds. The Balaban J connectivity index is 0.000000150. The maximum Gasteiger partial charge on any atom is 3.00 e. The summed E-state index contributed by atoms with van der Waals surface area (Å²) in [4.78, 5) is 0. The molecule has 8 aromatic rings. The number of rotatable bonds is 6. The Bertz CT molecular complexity index is 2490. The molecule has 0 aliphatic carbocycles. The second-order valence-electron chi connectivity index (χ2n) is 17.2. The summed E-state index contributed by atoms with van der Waals surface area (Å²) in [7, 11) is 0.795. The number of fused-ring (bicyclic) bond motifs is 5. The molecule has 3 radical (unpaired) electrons. The predicted molar refractivity (Wildman–Crippen MR) is 251 cm³/mol. The Morgan fingerprint density at radius 1 is 0.500 bits per heavy atom. The van der Waals surface area contributed by atoms with Crippen molar-refractivity contribution in [2.24, 2.45) is 11.8 Å². The Morgan fingerprint density at radius 2 is 0.966 bits per heavy atom. The van der Waals surface area contributed by atoms with Crippen molar-refractivity contribution in [3.8, 4) is 33.4 Å². The van der Waals surface area contributed by atoms with Crippen molar-refractivity contribution in [2.45, 2.75) is 82.1 Å². The normalized spacial score (nSPS) is 11.5. The Morgan fingerprint density at radius 3 is 1.47 bits per heavy atom. The van der Waals surface area contributed by atoms with E-state index in [1.54, 1.807) is 0 Å². The first-order valence-corrected chi connectivity index (χ1v) is 21.8. The molecule has 0 unspecified atom stereocenters. The maximum absolute atomic E-state index is 3.31. The minimum atomic E-state index is 0. The van der Waals surface area contributed by atoms with E-state index in [9.17, 15) is 0 Å². The van der Waals surface area contributed by atoms with E-state index in [4.69, 9.17) is 0 Å². The van der Waals surface area contributed by atoms with Gasteiger partial charge in [0.05, 0.1) is 9.52 Å². The quantitative estimate of drug-likeness (QED) is 0.116. The second-order valence-corrected chi connectivity index (χ2v) is 18.5. The number of hydrogen-bond acceptors (Lipinski definition) is 0. The van der Waals surface area contributed by atoms with Crippen molar-refractivity contribution >= 4 is 41.4 Å². The maximum atomic E-state index is 3.31. The van der Waals surface area contributed by atoms with Gasteiger partial charge in [-0.1, -0.05) is 121 Å². The molecule has 289 valence electrons. The average molecular weight is 849 g/mol. The van der Waals surface area contributed by atoms with Gasteiger partial charge in [0.2, 0.25) is 0 Å². The molecule has 0 spiro atoms. The third-order valence-electron chi connectivity index (χ3n) is 11.4. The first-order chi connectivity index (χ1) is 27.4. The topological polar surface area (TPSA) is 0 Å². The van der Waals surface area contributed by atoms with Crippen molar-refractivity contribution in [3.05, 3.63) is 178 Å². The molecule has 0 atom stereocenters. The molecular formula is C56H57SiZr. The zero-order valence-electron chi connectivity index (χ0n) is 36.2. The molecule has 1 aliphatic rings. The summed E-state index contributed by atoms with van der Waals surface area (Å²) >= 11 is 0. The summed E-state index contributed by atoms with van der Waals surface area (Å²) in [5.41, 5.74) is 19.4. The van der Waals surface area contributed by atoms with Gasteiger partial charge in [0, 0.05) is 0 Å². The van der Waals surface area contributed by atoms with E-state index in [-0.39, 0.29) is 26.2 Å². The fourth-order valence-corrected chi connectivity index (χ4v) is 9.92. The molecule has 0 fully saturated rings. The second kappa shape index (κ2) is 18.7. The summed E-state index contributed by atoms with van der Waals surface area (Å²) in [6.07, 6.45) is 2.31. The summed E-state index contributed by atoms with van der Waals surface area (Å²) in [5, 5.41) is 8.35. The van der Waals surface area contributed by atoms with Crippen LogP contribution in [0.2, 0.25) is 0 Å². The molecule has 1 heterocycles. The van der Waals surface area contributed by atoms with Gasteiger partial charge >= 0.3 is 26.2 Å². The fraction of sp³-hybridized carbons (Fsp3) is 0.250. The summed E-state index contributed by atoms with van der Waals surface area (Å²) in [6.45, 7) is 22.4. The van der Waals surface area contributed by atoms with Crippen molar-refractivity contribution in [1.29, 1.82) is 0 Å². The first-order valence-electron chi connectivity index (χ1n) is 20.8. The molecule has 1 aliphatic heterocycles. The third-order valence-corrected chi connectivity index (χ3v) is 12.8. The van der Waals surface area contributed by atoms with Gasteiger partial charge in [-0.25, -0.2) is 0 Å². The van der Waals surface area contributed by atoms with Gasteiger partial charge in [-0.2, -0.15) is 41.6 Å². The van der Waals surface area contributed by atoms with E-state index in [0.717, 1.165) is 22.4 Å². The zero-order chi connectivity index (χ0) is 40.4. The van der Waals surface area contributed by atoms with Gasteiger partial charge in [0.25, 0.3) is 0 Å². The minimum absolute atomic E-state index is 0. The van der Waals surface area contributed by atoms with Gasteiger partial charge in [0.1, 0.15) is 0 Å². The van der Waals surface area contributed by atoms with Crippen LogP contribution in [-0.2, 0) is 39.0 Å². The standard InChI is InChI=1S/2C22H25.C12H7Si.Zr/c2*1-14(2)9-18-12-19-7-6-8-20(22(19)13-18)21-11-15(3)10-16(4)17(21)5;1-3-7-11-9(5-1)10-6-2-4-8-12(10)13-11;/h2*6-8,10-14H,9H2,1-5H3;1-7H;/q3*-1;+3. The van der Waals surface area contributed by atoms with E-state index in [1.165, 1.54) is 110 Å².